The first-order chi connectivity index (χ1) is 27.8. The van der Waals surface area contributed by atoms with Crippen molar-refractivity contribution in [3.05, 3.63) is 68.8 Å². The lowest BCUT2D eigenvalue weighted by Crippen LogP contribution is -2.64. The summed E-state index contributed by atoms with van der Waals surface area (Å²) in [4.78, 5) is 53.2. The largest absolute Gasteiger partial charge is 0.507 e. The molecule has 4 aliphatic rings. The van der Waals surface area contributed by atoms with E-state index in [1.54, 1.807) is 0 Å². The van der Waals surface area contributed by atoms with Crippen molar-refractivity contribution in [2.75, 3.05) is 13.7 Å². The van der Waals surface area contributed by atoms with Crippen LogP contribution in [0.1, 0.15) is 84.9 Å². The van der Waals surface area contributed by atoms with Crippen LogP contribution in [-0.4, -0.2) is 144 Å². The van der Waals surface area contributed by atoms with E-state index in [-0.39, 0.29) is 33.6 Å². The Bertz CT molecular complexity index is 2260. The van der Waals surface area contributed by atoms with E-state index in [0.717, 1.165) is 12.1 Å². The maximum Gasteiger partial charge on any atom is 0.325 e. The molecule has 0 saturated carbocycles. The predicted molar refractivity (Wildman–Crippen MR) is 196 cm³/mol. The van der Waals surface area contributed by atoms with Crippen LogP contribution in [0.4, 0.5) is 0 Å². The molecule has 3 aromatic carbocycles. The van der Waals surface area contributed by atoms with Crippen molar-refractivity contribution in [2.45, 2.75) is 94.3 Å². The number of aliphatic carboxylic acids is 1. The molecule has 1 amide bonds. The van der Waals surface area contributed by atoms with Gasteiger partial charge in [-0.1, -0.05) is 6.07 Å². The third kappa shape index (κ3) is 6.76. The van der Waals surface area contributed by atoms with Gasteiger partial charge in [-0.3, -0.25) is 19.2 Å². The zero-order chi connectivity index (χ0) is 43.1. The number of phenols is 3. The van der Waals surface area contributed by atoms with Gasteiger partial charge in [-0.05, 0) is 49.6 Å². The van der Waals surface area contributed by atoms with Crippen molar-refractivity contribution in [1.29, 1.82) is 0 Å². The number of nitrogens with two attached hydrogens (primary N) is 1. The fraction of sp³-hybridized carbons (Fsp3) is 0.436. The van der Waals surface area contributed by atoms with Crippen LogP contribution in [0.2, 0.25) is 0 Å². The summed E-state index contributed by atoms with van der Waals surface area (Å²) in [7, 11) is 1.26. The number of carbonyl (C=O) groups is 4. The molecule has 0 radical (unpaired) electrons. The molecule has 7 rings (SSSR count). The first kappa shape index (κ1) is 41.9. The fourth-order valence-corrected chi connectivity index (χ4v) is 7.93. The van der Waals surface area contributed by atoms with Gasteiger partial charge in [-0.2, -0.15) is 0 Å². The number of hydrogen-bond donors (Lipinski definition) is 11. The SMILES string of the molecule is COc1cc(O)c2c(c1)C(=O)c1c(cc3c(c1O)-c1c(cc(C)c(C(=O)NC(C)C(=O)O)c1O)[C@H](OC1OC(C)C(N)C(OC4OCC(O)C(O)C4O)C1O)[C@H]3O)C2=O. The third-order valence-electron chi connectivity index (χ3n) is 11.1. The molecule has 316 valence electrons. The number of rotatable bonds is 8. The number of carboxylic acids is 1. The molecule has 2 saturated heterocycles. The van der Waals surface area contributed by atoms with E-state index in [4.69, 9.17) is 29.4 Å². The maximum absolute atomic E-state index is 14.1. The molecule has 12 atom stereocenters. The molecule has 10 unspecified atom stereocenters. The van der Waals surface area contributed by atoms with Crippen molar-refractivity contribution in [3.63, 3.8) is 0 Å². The Kier molecular flexibility index (Phi) is 10.9. The Morgan fingerprint density at radius 1 is 0.847 bits per heavy atom. The first-order valence-electron chi connectivity index (χ1n) is 18.3. The van der Waals surface area contributed by atoms with Crippen LogP contribution in [0.3, 0.4) is 0 Å². The van der Waals surface area contributed by atoms with Gasteiger partial charge in [0.15, 0.2) is 24.1 Å². The van der Waals surface area contributed by atoms with Gasteiger partial charge in [-0.15, -0.1) is 0 Å². The molecule has 20 heteroatoms. The van der Waals surface area contributed by atoms with Crippen LogP contribution in [0.5, 0.6) is 23.0 Å². The monoisotopic (exact) mass is 826 g/mol. The quantitative estimate of drug-likeness (QED) is 0.103. The number of aliphatic hydroxyl groups is 5. The molecule has 2 fully saturated rings. The van der Waals surface area contributed by atoms with Crippen molar-refractivity contribution < 1.29 is 88.8 Å². The molecule has 0 bridgehead atoms. The number of hydrogen-bond acceptors (Lipinski definition) is 18. The number of fused-ring (bicyclic) bond motifs is 5. The summed E-state index contributed by atoms with van der Waals surface area (Å²) in [5.74, 6) is -6.69. The average molecular weight is 827 g/mol. The van der Waals surface area contributed by atoms with E-state index in [2.05, 4.69) is 5.32 Å². The number of phenolic OH excluding ortho intramolecular Hbond substituents is 3. The molecular formula is C39H42N2O18. The predicted octanol–water partition coefficient (Wildman–Crippen LogP) is -0.872. The van der Waals surface area contributed by atoms with Gasteiger partial charge in [0.2, 0.25) is 0 Å². The number of nitrogens with one attached hydrogen (secondary N) is 1. The molecule has 2 aliphatic heterocycles. The summed E-state index contributed by atoms with van der Waals surface area (Å²) in [6.45, 7) is 3.62. The van der Waals surface area contributed by atoms with Crippen LogP contribution >= 0.6 is 0 Å². The van der Waals surface area contributed by atoms with Crippen molar-refractivity contribution in [3.8, 4) is 34.1 Å². The highest BCUT2D eigenvalue weighted by atomic mass is 16.7. The van der Waals surface area contributed by atoms with Gasteiger partial charge in [-0.25, -0.2) is 0 Å². The minimum absolute atomic E-state index is 0.0114. The molecule has 20 nitrogen and oxygen atoms in total. The van der Waals surface area contributed by atoms with Crippen LogP contribution in [0.25, 0.3) is 11.1 Å². The van der Waals surface area contributed by atoms with Gasteiger partial charge in [0.05, 0.1) is 42.6 Å². The minimum Gasteiger partial charge on any atom is -0.507 e. The highest BCUT2D eigenvalue weighted by Crippen LogP contribution is 2.57. The van der Waals surface area contributed by atoms with E-state index in [0.29, 0.717) is 0 Å². The van der Waals surface area contributed by atoms with E-state index in [9.17, 15) is 65.1 Å². The van der Waals surface area contributed by atoms with Gasteiger partial charge >= 0.3 is 5.97 Å². The lowest BCUT2D eigenvalue weighted by atomic mass is 9.74. The number of ether oxygens (including phenoxy) is 5. The van der Waals surface area contributed by atoms with Gasteiger partial charge in [0.1, 0.15) is 71.8 Å². The number of carboxylic acid groups (broad SMARTS) is 1. The van der Waals surface area contributed by atoms with Gasteiger partial charge in [0, 0.05) is 28.3 Å². The number of aromatic hydroxyl groups is 3. The summed E-state index contributed by atoms with van der Waals surface area (Å²) in [5, 5.41) is 101. The summed E-state index contributed by atoms with van der Waals surface area (Å²) >= 11 is 0. The topological polar surface area (TPSA) is 335 Å². The zero-order valence-electron chi connectivity index (χ0n) is 31.7. The number of carbonyl (C=O) groups excluding carboxylic acids is 3. The maximum atomic E-state index is 14.1. The summed E-state index contributed by atoms with van der Waals surface area (Å²) in [5.41, 5.74) is 2.85. The highest BCUT2D eigenvalue weighted by Gasteiger charge is 2.51. The standard InChI is InChI=1S/C39H42N2O18/c1-10-5-17-23(30(48)20(10)36(52)41-11(2)37(53)54)22-15(8-16-24(31(22)49)27(45)14-6-13(55-4)7-18(42)21(14)26(16)44)28(46)34(17)58-39-33(51)35(25(40)12(3)57-39)59-38-32(50)29(47)19(43)9-56-38/h5-8,11-12,19,25,28-29,32-35,38-39,42-43,46-51H,9,40H2,1-4H3,(H,41,52)(H,53,54)/t11?,12?,19?,25?,28-,29?,32?,33?,34-,35?,38?,39?/m0/s1. The fourth-order valence-electron chi connectivity index (χ4n) is 7.93. The van der Waals surface area contributed by atoms with Crippen LogP contribution in [0.15, 0.2) is 24.3 Å². The number of methoxy groups -OCH3 is 1. The molecule has 3 aromatic rings. The van der Waals surface area contributed by atoms with Crippen molar-refractivity contribution >= 4 is 23.4 Å². The zero-order valence-corrected chi connectivity index (χ0v) is 31.7. The molecule has 59 heavy (non-hydrogen) atoms. The number of benzene rings is 3. The van der Waals surface area contributed by atoms with Crippen LogP contribution in [-0.2, 0) is 23.7 Å². The Morgan fingerprint density at radius 2 is 1.49 bits per heavy atom. The molecule has 2 heterocycles. The Labute approximate surface area is 333 Å². The van der Waals surface area contributed by atoms with Crippen molar-refractivity contribution in [1.82, 2.24) is 5.32 Å². The first-order valence-corrected chi connectivity index (χ1v) is 18.3. The second-order valence-corrected chi connectivity index (χ2v) is 14.9. The molecule has 0 aromatic heterocycles. The molecule has 0 spiro atoms. The van der Waals surface area contributed by atoms with E-state index in [1.165, 1.54) is 40.0 Å². The average Bonchev–Trinajstić information content (AvgIpc) is 3.18. The minimum atomic E-state index is -1.91. The lowest BCUT2D eigenvalue weighted by Gasteiger charge is -2.46. The van der Waals surface area contributed by atoms with Crippen LogP contribution in [0, 0.1) is 6.92 Å². The number of aryl methyl sites for hydroxylation is 1. The second-order valence-electron chi connectivity index (χ2n) is 14.9. The lowest BCUT2D eigenvalue weighted by molar-refractivity contribution is -0.337. The summed E-state index contributed by atoms with van der Waals surface area (Å²) in [6.07, 6.45) is -16.0. The second kappa shape index (κ2) is 15.4. The molecular weight excluding hydrogens is 784 g/mol. The van der Waals surface area contributed by atoms with Gasteiger partial charge < -0.3 is 80.7 Å². The molecule has 12 N–H and O–H groups in total. The number of ketones is 2. The van der Waals surface area contributed by atoms with E-state index in [1.807, 2.05) is 0 Å². The van der Waals surface area contributed by atoms with E-state index < -0.39 is 149 Å². The number of amides is 1. The normalized spacial score (nSPS) is 30.4. The summed E-state index contributed by atoms with van der Waals surface area (Å²) < 4.78 is 28.5. The third-order valence-corrected chi connectivity index (χ3v) is 11.1. The molecule has 2 aliphatic carbocycles. The number of aliphatic hydroxyl groups excluding tert-OH is 5. The van der Waals surface area contributed by atoms with Crippen LogP contribution < -0.4 is 15.8 Å². The highest BCUT2D eigenvalue weighted by molar-refractivity contribution is 6.31. The van der Waals surface area contributed by atoms with Crippen molar-refractivity contribution in [2.24, 2.45) is 5.73 Å². The van der Waals surface area contributed by atoms with Gasteiger partial charge in [0.25, 0.3) is 5.91 Å². The Hall–Kier alpha value is -5.26. The Balaban J connectivity index is 1.36. The van der Waals surface area contributed by atoms with E-state index >= 15 is 0 Å². The Morgan fingerprint density at radius 3 is 2.15 bits per heavy atom. The summed E-state index contributed by atoms with van der Waals surface area (Å²) in [6, 6.07) is 2.09. The smallest absolute Gasteiger partial charge is 0.325 e.